The summed E-state index contributed by atoms with van der Waals surface area (Å²) in [5, 5.41) is 8.71. The maximum absolute atomic E-state index is 8.71. The number of rotatable bonds is 10. The van der Waals surface area contributed by atoms with Gasteiger partial charge in [-0.25, -0.2) is 0 Å². The molecule has 1 unspecified atom stereocenters. The van der Waals surface area contributed by atoms with E-state index < -0.39 is 0 Å². The summed E-state index contributed by atoms with van der Waals surface area (Å²) < 4.78 is 16.9. The molecule has 0 aliphatic carbocycles. The average Bonchev–Trinajstić information content (AvgIpc) is 2.58. The van der Waals surface area contributed by atoms with E-state index in [4.69, 9.17) is 19.3 Å². The van der Waals surface area contributed by atoms with E-state index >= 15 is 0 Å². The van der Waals surface area contributed by atoms with Crippen LogP contribution in [-0.4, -0.2) is 37.8 Å². The highest BCUT2D eigenvalue weighted by Crippen LogP contribution is 2.16. The Morgan fingerprint density at radius 2 is 1.91 bits per heavy atom. The summed E-state index contributed by atoms with van der Waals surface area (Å²) in [6, 6.07) is 8.25. The van der Waals surface area contributed by atoms with Gasteiger partial charge in [-0.3, -0.25) is 0 Å². The summed E-state index contributed by atoms with van der Waals surface area (Å²) in [6.07, 6.45) is 7.12. The fraction of sp³-hybridized carbons (Fsp3) is 0.667. The largest absolute Gasteiger partial charge is 0.494 e. The van der Waals surface area contributed by atoms with Crippen molar-refractivity contribution in [1.82, 2.24) is 0 Å². The molecule has 1 fully saturated rings. The van der Waals surface area contributed by atoms with Gasteiger partial charge >= 0.3 is 0 Å². The zero-order valence-corrected chi connectivity index (χ0v) is 13.3. The van der Waals surface area contributed by atoms with Crippen molar-refractivity contribution in [2.45, 2.75) is 51.2 Å². The van der Waals surface area contributed by atoms with Gasteiger partial charge in [0.05, 0.1) is 13.2 Å². The predicted molar refractivity (Wildman–Crippen MR) is 86.1 cm³/mol. The van der Waals surface area contributed by atoms with Crippen molar-refractivity contribution in [1.29, 1.82) is 0 Å². The highest BCUT2D eigenvalue weighted by Gasteiger charge is 2.13. The normalized spacial score (nSPS) is 18.3. The van der Waals surface area contributed by atoms with Crippen LogP contribution in [0.4, 0.5) is 0 Å². The second-order valence-corrected chi connectivity index (χ2v) is 5.69. The second-order valence-electron chi connectivity index (χ2n) is 5.69. The van der Waals surface area contributed by atoms with E-state index in [1.54, 1.807) is 0 Å². The molecule has 1 aromatic rings. The van der Waals surface area contributed by atoms with Crippen molar-refractivity contribution in [3.8, 4) is 5.75 Å². The maximum atomic E-state index is 8.71. The minimum Gasteiger partial charge on any atom is -0.494 e. The Labute approximate surface area is 133 Å². The third-order valence-corrected chi connectivity index (χ3v) is 3.80. The molecule has 1 aromatic carbocycles. The highest BCUT2D eigenvalue weighted by atomic mass is 16.7. The number of aliphatic hydroxyl groups is 1. The van der Waals surface area contributed by atoms with Gasteiger partial charge < -0.3 is 19.3 Å². The molecule has 1 heterocycles. The quantitative estimate of drug-likeness (QED) is 0.674. The Morgan fingerprint density at radius 1 is 1.05 bits per heavy atom. The first kappa shape index (κ1) is 17.3. The van der Waals surface area contributed by atoms with Gasteiger partial charge in [0, 0.05) is 13.2 Å². The number of aliphatic hydroxyl groups excluding tert-OH is 1. The van der Waals surface area contributed by atoms with Gasteiger partial charge in [0.25, 0.3) is 0 Å². The molecular formula is C18H28O4. The lowest BCUT2D eigenvalue weighted by Crippen LogP contribution is -2.22. The Kier molecular flexibility index (Phi) is 8.31. The van der Waals surface area contributed by atoms with E-state index in [1.165, 1.54) is 12.0 Å². The summed E-state index contributed by atoms with van der Waals surface area (Å²) in [4.78, 5) is 0. The molecule has 0 bridgehead atoms. The number of ether oxygens (including phenoxy) is 3. The number of benzene rings is 1. The Balaban J connectivity index is 1.57. The Bertz CT molecular complexity index is 385. The van der Waals surface area contributed by atoms with Crippen LogP contribution in [0.15, 0.2) is 24.3 Å². The van der Waals surface area contributed by atoms with E-state index in [0.29, 0.717) is 6.61 Å². The summed E-state index contributed by atoms with van der Waals surface area (Å²) in [7, 11) is 0. The standard InChI is InChI=1S/C18H28O4/c19-12-2-4-13-20-17-10-8-16(9-11-17)6-5-15-22-18-7-1-3-14-21-18/h8-11,18-19H,1-7,12-15H2. The van der Waals surface area contributed by atoms with Crippen LogP contribution in [0.25, 0.3) is 0 Å². The van der Waals surface area contributed by atoms with Crippen LogP contribution >= 0.6 is 0 Å². The first-order chi connectivity index (χ1) is 10.9. The first-order valence-corrected chi connectivity index (χ1v) is 8.44. The van der Waals surface area contributed by atoms with Gasteiger partial charge in [-0.1, -0.05) is 12.1 Å². The lowest BCUT2D eigenvalue weighted by Gasteiger charge is -2.22. The SMILES string of the molecule is OCCCCOc1ccc(CCCOC2CCCCO2)cc1. The van der Waals surface area contributed by atoms with Crippen LogP contribution in [0.1, 0.15) is 44.1 Å². The highest BCUT2D eigenvalue weighted by molar-refractivity contribution is 5.27. The van der Waals surface area contributed by atoms with Gasteiger partial charge in [-0.05, 0) is 62.6 Å². The van der Waals surface area contributed by atoms with E-state index in [1.807, 2.05) is 12.1 Å². The van der Waals surface area contributed by atoms with Crippen molar-refractivity contribution >= 4 is 0 Å². The van der Waals surface area contributed by atoms with Gasteiger partial charge in [-0.2, -0.15) is 0 Å². The first-order valence-electron chi connectivity index (χ1n) is 8.44. The molecular weight excluding hydrogens is 280 g/mol. The molecule has 2 rings (SSSR count). The van der Waals surface area contributed by atoms with E-state index in [9.17, 15) is 0 Å². The zero-order valence-electron chi connectivity index (χ0n) is 13.3. The third kappa shape index (κ3) is 6.77. The van der Waals surface area contributed by atoms with Crippen LogP contribution in [0.5, 0.6) is 5.75 Å². The number of unbranched alkanes of at least 4 members (excludes halogenated alkanes) is 1. The van der Waals surface area contributed by atoms with E-state index in [2.05, 4.69) is 12.1 Å². The van der Waals surface area contributed by atoms with Gasteiger partial charge in [0.15, 0.2) is 6.29 Å². The molecule has 1 aliphatic heterocycles. The second kappa shape index (κ2) is 10.6. The van der Waals surface area contributed by atoms with Crippen LogP contribution in [-0.2, 0) is 15.9 Å². The third-order valence-electron chi connectivity index (χ3n) is 3.80. The van der Waals surface area contributed by atoms with Gasteiger partial charge in [0.2, 0.25) is 0 Å². The zero-order chi connectivity index (χ0) is 15.5. The Hall–Kier alpha value is -1.10. The molecule has 1 atom stereocenters. The van der Waals surface area contributed by atoms with Crippen LogP contribution in [0.3, 0.4) is 0 Å². The molecule has 124 valence electrons. The van der Waals surface area contributed by atoms with E-state index in [0.717, 1.165) is 57.5 Å². The molecule has 0 spiro atoms. The summed E-state index contributed by atoms with van der Waals surface area (Å²) in [5.74, 6) is 0.897. The molecule has 0 aromatic heterocycles. The topological polar surface area (TPSA) is 47.9 Å². The summed E-state index contributed by atoms with van der Waals surface area (Å²) >= 11 is 0. The smallest absolute Gasteiger partial charge is 0.157 e. The molecule has 22 heavy (non-hydrogen) atoms. The monoisotopic (exact) mass is 308 g/mol. The molecule has 1 saturated heterocycles. The van der Waals surface area contributed by atoms with Crippen molar-refractivity contribution in [2.24, 2.45) is 0 Å². The van der Waals surface area contributed by atoms with Gasteiger partial charge in [0.1, 0.15) is 5.75 Å². The Morgan fingerprint density at radius 3 is 2.64 bits per heavy atom. The molecule has 4 nitrogen and oxygen atoms in total. The van der Waals surface area contributed by atoms with Crippen LogP contribution in [0, 0.1) is 0 Å². The summed E-state index contributed by atoms with van der Waals surface area (Å²) in [5.41, 5.74) is 1.30. The minimum atomic E-state index is 0.0171. The molecule has 0 saturated carbocycles. The van der Waals surface area contributed by atoms with E-state index in [-0.39, 0.29) is 12.9 Å². The fourth-order valence-electron chi connectivity index (χ4n) is 2.49. The minimum absolute atomic E-state index is 0.0171. The number of hydrogen-bond acceptors (Lipinski definition) is 4. The molecule has 4 heteroatoms. The van der Waals surface area contributed by atoms with Crippen molar-refractivity contribution < 1.29 is 19.3 Å². The lowest BCUT2D eigenvalue weighted by atomic mass is 10.1. The molecule has 1 N–H and O–H groups in total. The van der Waals surface area contributed by atoms with Crippen molar-refractivity contribution in [3.05, 3.63) is 29.8 Å². The molecule has 0 radical (unpaired) electrons. The van der Waals surface area contributed by atoms with Crippen LogP contribution in [0.2, 0.25) is 0 Å². The van der Waals surface area contributed by atoms with Gasteiger partial charge in [-0.15, -0.1) is 0 Å². The molecule has 1 aliphatic rings. The lowest BCUT2D eigenvalue weighted by molar-refractivity contribution is -0.162. The number of hydrogen-bond donors (Lipinski definition) is 1. The fourth-order valence-corrected chi connectivity index (χ4v) is 2.49. The maximum Gasteiger partial charge on any atom is 0.157 e. The molecule has 0 amide bonds. The van der Waals surface area contributed by atoms with Crippen molar-refractivity contribution in [3.63, 3.8) is 0 Å². The average molecular weight is 308 g/mol. The summed E-state index contributed by atoms with van der Waals surface area (Å²) in [6.45, 7) is 2.49. The number of aryl methyl sites for hydroxylation is 1. The van der Waals surface area contributed by atoms with Crippen LogP contribution < -0.4 is 4.74 Å². The van der Waals surface area contributed by atoms with Crippen molar-refractivity contribution in [2.75, 3.05) is 26.4 Å². The predicted octanol–water partition coefficient (Wildman–Crippen LogP) is 3.31.